The van der Waals surface area contributed by atoms with Gasteiger partial charge in [0, 0.05) is 19.7 Å². The van der Waals surface area contributed by atoms with Crippen molar-refractivity contribution in [2.75, 3.05) is 0 Å². The van der Waals surface area contributed by atoms with Gasteiger partial charge in [0.25, 0.3) is 0 Å². The molecule has 0 unspecified atom stereocenters. The summed E-state index contributed by atoms with van der Waals surface area (Å²) in [6.45, 7) is 6.93. The molecule has 0 N–H and O–H groups in total. The van der Waals surface area contributed by atoms with Crippen molar-refractivity contribution in [1.29, 1.82) is 0 Å². The fourth-order valence-corrected chi connectivity index (χ4v) is 1.42. The molecular formula is C11H15N3O. The van der Waals surface area contributed by atoms with Crippen molar-refractivity contribution < 1.29 is 4.79 Å². The zero-order valence-electron chi connectivity index (χ0n) is 9.32. The molecular weight excluding hydrogens is 190 g/mol. The van der Waals surface area contributed by atoms with Crippen LogP contribution in [0.15, 0.2) is 17.6 Å². The van der Waals surface area contributed by atoms with Crippen LogP contribution in [-0.2, 0) is 7.05 Å². The number of ketones is 1. The van der Waals surface area contributed by atoms with Crippen LogP contribution in [0.2, 0.25) is 0 Å². The van der Waals surface area contributed by atoms with Gasteiger partial charge < -0.3 is 0 Å². The average Bonchev–Trinajstić information content (AvgIpc) is 2.42. The normalized spacial score (nSPS) is 10.9. The van der Waals surface area contributed by atoms with Crippen molar-refractivity contribution in [3.63, 3.8) is 0 Å². The van der Waals surface area contributed by atoms with Crippen LogP contribution in [0, 0.1) is 6.92 Å². The van der Waals surface area contributed by atoms with Crippen LogP contribution in [0.25, 0.3) is 0 Å². The van der Waals surface area contributed by atoms with Crippen LogP contribution in [0.5, 0.6) is 0 Å². The number of hydrogen-bond donors (Lipinski definition) is 0. The Kier molecular flexibility index (Phi) is 3.55. The van der Waals surface area contributed by atoms with Crippen LogP contribution in [0.3, 0.4) is 0 Å². The highest BCUT2D eigenvalue weighted by molar-refractivity contribution is 5.99. The number of rotatable bonds is 4. The van der Waals surface area contributed by atoms with Crippen molar-refractivity contribution >= 4 is 17.8 Å². The van der Waals surface area contributed by atoms with E-state index in [9.17, 15) is 4.79 Å². The second kappa shape index (κ2) is 4.68. The SMILES string of the molecule is C=CCC=Nc1c(C(C)=O)c(C)nn1C. The molecule has 0 amide bonds. The second-order valence-corrected chi connectivity index (χ2v) is 3.30. The first-order valence-corrected chi connectivity index (χ1v) is 4.76. The van der Waals surface area contributed by atoms with E-state index in [0.717, 1.165) is 5.69 Å². The van der Waals surface area contributed by atoms with Crippen LogP contribution in [-0.4, -0.2) is 21.8 Å². The molecule has 1 aromatic rings. The maximum absolute atomic E-state index is 11.4. The van der Waals surface area contributed by atoms with Crippen LogP contribution < -0.4 is 0 Å². The highest BCUT2D eigenvalue weighted by Gasteiger charge is 2.15. The summed E-state index contributed by atoms with van der Waals surface area (Å²) in [6, 6.07) is 0. The largest absolute Gasteiger partial charge is 0.294 e. The van der Waals surface area contributed by atoms with Gasteiger partial charge in [-0.3, -0.25) is 9.48 Å². The predicted molar refractivity (Wildman–Crippen MR) is 60.9 cm³/mol. The van der Waals surface area contributed by atoms with E-state index in [1.54, 1.807) is 24.0 Å². The van der Waals surface area contributed by atoms with E-state index in [2.05, 4.69) is 16.7 Å². The van der Waals surface area contributed by atoms with E-state index < -0.39 is 0 Å². The van der Waals surface area contributed by atoms with E-state index in [0.29, 0.717) is 17.8 Å². The number of hydrogen-bond acceptors (Lipinski definition) is 3. The summed E-state index contributed by atoms with van der Waals surface area (Å²) in [5.41, 5.74) is 1.31. The summed E-state index contributed by atoms with van der Waals surface area (Å²) in [6.07, 6.45) is 4.15. The molecule has 0 aromatic carbocycles. The predicted octanol–water partition coefficient (Wildman–Crippen LogP) is 2.21. The summed E-state index contributed by atoms with van der Waals surface area (Å²) >= 11 is 0. The number of allylic oxidation sites excluding steroid dienone is 1. The summed E-state index contributed by atoms with van der Waals surface area (Å²) in [5.74, 6) is 0.605. The number of aliphatic imine (C=N–C) groups is 1. The van der Waals surface area contributed by atoms with Gasteiger partial charge in [-0.05, 0) is 13.8 Å². The van der Waals surface area contributed by atoms with E-state index >= 15 is 0 Å². The lowest BCUT2D eigenvalue weighted by Crippen LogP contribution is -1.94. The van der Waals surface area contributed by atoms with Crippen molar-refractivity contribution in [2.24, 2.45) is 12.0 Å². The molecule has 0 radical (unpaired) electrons. The highest BCUT2D eigenvalue weighted by atomic mass is 16.1. The van der Waals surface area contributed by atoms with Gasteiger partial charge in [0.1, 0.15) is 0 Å². The van der Waals surface area contributed by atoms with Crippen LogP contribution in [0.1, 0.15) is 29.4 Å². The van der Waals surface area contributed by atoms with Gasteiger partial charge in [-0.1, -0.05) is 6.08 Å². The topological polar surface area (TPSA) is 47.2 Å². The quantitative estimate of drug-likeness (QED) is 0.430. The molecule has 15 heavy (non-hydrogen) atoms. The van der Waals surface area contributed by atoms with Gasteiger partial charge in [0.15, 0.2) is 11.6 Å². The molecule has 0 aliphatic carbocycles. The molecule has 0 saturated carbocycles. The average molecular weight is 205 g/mol. The zero-order valence-corrected chi connectivity index (χ0v) is 9.32. The number of nitrogens with zero attached hydrogens (tertiary/aromatic N) is 3. The first kappa shape index (κ1) is 11.4. The Morgan fingerprint density at radius 1 is 1.67 bits per heavy atom. The van der Waals surface area contributed by atoms with Gasteiger partial charge in [0.05, 0.1) is 11.3 Å². The summed E-state index contributed by atoms with van der Waals surface area (Å²) in [4.78, 5) is 15.6. The Balaban J connectivity index is 3.14. The number of aryl methyl sites for hydroxylation is 2. The third kappa shape index (κ3) is 2.40. The minimum atomic E-state index is -0.00801. The molecule has 0 saturated heterocycles. The Morgan fingerprint density at radius 2 is 2.33 bits per heavy atom. The molecule has 1 rings (SSSR count). The lowest BCUT2D eigenvalue weighted by Gasteiger charge is -1.96. The molecule has 0 spiro atoms. The van der Waals surface area contributed by atoms with E-state index in [1.165, 1.54) is 6.92 Å². The van der Waals surface area contributed by atoms with Gasteiger partial charge in [-0.25, -0.2) is 4.99 Å². The minimum absolute atomic E-state index is 0.00801. The molecule has 0 atom stereocenters. The van der Waals surface area contributed by atoms with Gasteiger partial charge >= 0.3 is 0 Å². The molecule has 0 aliphatic heterocycles. The monoisotopic (exact) mass is 205 g/mol. The molecule has 0 aliphatic rings. The van der Waals surface area contributed by atoms with E-state index in [1.807, 2.05) is 6.92 Å². The van der Waals surface area contributed by atoms with Crippen LogP contribution >= 0.6 is 0 Å². The molecule has 1 aromatic heterocycles. The minimum Gasteiger partial charge on any atom is -0.294 e. The van der Waals surface area contributed by atoms with E-state index in [-0.39, 0.29) is 5.78 Å². The number of Topliss-reactive ketones (excluding diaryl/α,β-unsaturated/α-hetero) is 1. The van der Waals surface area contributed by atoms with Gasteiger partial charge in [-0.15, -0.1) is 6.58 Å². The van der Waals surface area contributed by atoms with Crippen molar-refractivity contribution in [2.45, 2.75) is 20.3 Å². The van der Waals surface area contributed by atoms with Crippen molar-refractivity contribution in [3.8, 4) is 0 Å². The van der Waals surface area contributed by atoms with Gasteiger partial charge in [0.2, 0.25) is 0 Å². The Labute approximate surface area is 89.3 Å². The standard InChI is InChI=1S/C11H15N3O/c1-5-6-7-12-11-10(9(3)15)8(2)13-14(11)4/h5,7H,1,6H2,2-4H3. The van der Waals surface area contributed by atoms with E-state index in [4.69, 9.17) is 0 Å². The van der Waals surface area contributed by atoms with Crippen LogP contribution in [0.4, 0.5) is 5.82 Å². The smallest absolute Gasteiger partial charge is 0.165 e. The maximum Gasteiger partial charge on any atom is 0.165 e. The first-order chi connectivity index (χ1) is 7.07. The zero-order chi connectivity index (χ0) is 11.4. The number of aromatic nitrogens is 2. The van der Waals surface area contributed by atoms with Gasteiger partial charge in [-0.2, -0.15) is 5.10 Å². The number of carbonyl (C=O) groups is 1. The number of carbonyl (C=O) groups excluding carboxylic acids is 1. The third-order valence-electron chi connectivity index (χ3n) is 2.03. The Morgan fingerprint density at radius 3 is 2.87 bits per heavy atom. The first-order valence-electron chi connectivity index (χ1n) is 4.76. The van der Waals surface area contributed by atoms with Crippen molar-refractivity contribution in [1.82, 2.24) is 9.78 Å². The summed E-state index contributed by atoms with van der Waals surface area (Å²) in [5, 5.41) is 4.17. The van der Waals surface area contributed by atoms with Crippen molar-refractivity contribution in [3.05, 3.63) is 23.9 Å². The molecule has 0 fully saturated rings. The third-order valence-corrected chi connectivity index (χ3v) is 2.03. The Hall–Kier alpha value is -1.71. The summed E-state index contributed by atoms with van der Waals surface area (Å²) < 4.78 is 1.62. The molecule has 1 heterocycles. The molecule has 80 valence electrons. The fourth-order valence-electron chi connectivity index (χ4n) is 1.42. The molecule has 4 nitrogen and oxygen atoms in total. The molecule has 0 bridgehead atoms. The lowest BCUT2D eigenvalue weighted by atomic mass is 10.2. The summed E-state index contributed by atoms with van der Waals surface area (Å²) in [7, 11) is 1.78. The lowest BCUT2D eigenvalue weighted by molar-refractivity contribution is 0.101. The maximum atomic E-state index is 11.4. The highest BCUT2D eigenvalue weighted by Crippen LogP contribution is 2.21. The fraction of sp³-hybridized carbons (Fsp3) is 0.364. The second-order valence-electron chi connectivity index (χ2n) is 3.30. The molecule has 4 heteroatoms. The Bertz CT molecular complexity index is 416.